The summed E-state index contributed by atoms with van der Waals surface area (Å²) < 4.78 is 0. The van der Waals surface area contributed by atoms with Crippen molar-refractivity contribution in [2.24, 2.45) is 11.8 Å². The number of hydrogen-bond acceptors (Lipinski definition) is 3. The summed E-state index contributed by atoms with van der Waals surface area (Å²) in [5.41, 5.74) is 1.17. The maximum Gasteiger partial charge on any atom is 0.307 e. The van der Waals surface area contributed by atoms with Crippen LogP contribution in [0, 0.1) is 18.8 Å². The fraction of sp³-hybridized carbons (Fsp3) is 0.364. The molecule has 5 nitrogen and oxygen atoms in total. The van der Waals surface area contributed by atoms with Crippen LogP contribution in [0.4, 0.5) is 5.69 Å². The number of pyridine rings is 1. The van der Waals surface area contributed by atoms with Crippen LogP contribution in [0.5, 0.6) is 0 Å². The second-order valence-corrected chi connectivity index (χ2v) is 4.43. The normalized spacial score (nSPS) is 22.0. The van der Waals surface area contributed by atoms with E-state index in [4.69, 9.17) is 16.7 Å². The molecule has 1 aromatic heterocycles. The first-order chi connectivity index (χ1) is 7.99. The lowest BCUT2D eigenvalue weighted by Crippen LogP contribution is -2.17. The number of nitrogens with one attached hydrogen (secondary N) is 1. The molecule has 0 radical (unpaired) electrons. The molecule has 1 amide bonds. The van der Waals surface area contributed by atoms with Crippen LogP contribution in [0.1, 0.15) is 12.1 Å². The van der Waals surface area contributed by atoms with Crippen LogP contribution in [0.2, 0.25) is 5.15 Å². The van der Waals surface area contributed by atoms with Gasteiger partial charge in [-0.25, -0.2) is 4.98 Å². The van der Waals surface area contributed by atoms with Gasteiger partial charge in [0.05, 0.1) is 23.2 Å². The van der Waals surface area contributed by atoms with Crippen molar-refractivity contribution in [1.29, 1.82) is 0 Å². The van der Waals surface area contributed by atoms with Gasteiger partial charge in [-0.3, -0.25) is 9.59 Å². The maximum absolute atomic E-state index is 11.7. The molecule has 0 aromatic carbocycles. The number of rotatable bonds is 3. The Labute approximate surface area is 103 Å². The van der Waals surface area contributed by atoms with E-state index in [1.54, 1.807) is 19.1 Å². The molecule has 0 unspecified atom stereocenters. The number of aliphatic carboxylic acids is 1. The Bertz CT molecular complexity index is 490. The first-order valence-electron chi connectivity index (χ1n) is 5.16. The summed E-state index contributed by atoms with van der Waals surface area (Å²) in [5.74, 6) is -2.17. The number of nitrogens with zero attached hydrogens (tertiary/aromatic N) is 1. The summed E-state index contributed by atoms with van der Waals surface area (Å²) in [4.78, 5) is 26.3. The van der Waals surface area contributed by atoms with Gasteiger partial charge in [0.25, 0.3) is 0 Å². The minimum Gasteiger partial charge on any atom is -0.481 e. The molecule has 1 fully saturated rings. The summed E-state index contributed by atoms with van der Waals surface area (Å²) in [7, 11) is 0. The van der Waals surface area contributed by atoms with E-state index < -0.39 is 17.8 Å². The fourth-order valence-corrected chi connectivity index (χ4v) is 1.84. The van der Waals surface area contributed by atoms with Gasteiger partial charge in [-0.2, -0.15) is 0 Å². The molecule has 1 aliphatic rings. The van der Waals surface area contributed by atoms with Gasteiger partial charge in [-0.05, 0) is 25.5 Å². The van der Waals surface area contributed by atoms with E-state index >= 15 is 0 Å². The Morgan fingerprint density at radius 3 is 2.71 bits per heavy atom. The predicted octanol–water partition coefficient (Wildman–Crippen LogP) is 1.70. The van der Waals surface area contributed by atoms with Gasteiger partial charge in [-0.15, -0.1) is 0 Å². The van der Waals surface area contributed by atoms with E-state index in [0.717, 1.165) is 0 Å². The van der Waals surface area contributed by atoms with E-state index in [9.17, 15) is 9.59 Å². The number of anilines is 1. The maximum atomic E-state index is 11.7. The molecule has 2 atom stereocenters. The standard InChI is InChI=1S/C11H11ClN2O3/c1-5-8(2-3-9(12)13-5)14-10(15)6-4-7(6)11(16)17/h2-3,6-7H,4H2,1H3,(H,14,15)(H,16,17)/t6-,7+/m1/s1. The molecule has 90 valence electrons. The van der Waals surface area contributed by atoms with Crippen molar-refractivity contribution in [3.05, 3.63) is 23.0 Å². The number of hydrogen-bond donors (Lipinski definition) is 2. The Morgan fingerprint density at radius 1 is 1.47 bits per heavy atom. The van der Waals surface area contributed by atoms with E-state index in [1.165, 1.54) is 0 Å². The molecule has 1 saturated carbocycles. The third-order valence-corrected chi connectivity index (χ3v) is 2.96. The van der Waals surface area contributed by atoms with Crippen LogP contribution < -0.4 is 5.32 Å². The van der Waals surface area contributed by atoms with Crippen molar-refractivity contribution >= 4 is 29.2 Å². The first kappa shape index (κ1) is 11.9. The summed E-state index contributed by atoms with van der Waals surface area (Å²) >= 11 is 5.69. The van der Waals surface area contributed by atoms with Crippen molar-refractivity contribution in [2.45, 2.75) is 13.3 Å². The Balaban J connectivity index is 2.02. The Hall–Kier alpha value is -1.62. The van der Waals surface area contributed by atoms with Crippen molar-refractivity contribution < 1.29 is 14.7 Å². The molecule has 0 spiro atoms. The van der Waals surface area contributed by atoms with E-state index in [1.807, 2.05) is 0 Å². The minimum atomic E-state index is -0.920. The number of carbonyl (C=O) groups is 2. The monoisotopic (exact) mass is 254 g/mol. The molecular weight excluding hydrogens is 244 g/mol. The van der Waals surface area contributed by atoms with Crippen LogP contribution in [-0.4, -0.2) is 22.0 Å². The zero-order valence-electron chi connectivity index (χ0n) is 9.11. The average Bonchev–Trinajstić information content (AvgIpc) is 3.01. The number of carbonyl (C=O) groups excluding carboxylic acids is 1. The lowest BCUT2D eigenvalue weighted by molar-refractivity contribution is -0.139. The van der Waals surface area contributed by atoms with Crippen molar-refractivity contribution in [3.63, 3.8) is 0 Å². The summed E-state index contributed by atoms with van der Waals surface area (Å²) in [6.45, 7) is 1.73. The third kappa shape index (κ3) is 2.55. The van der Waals surface area contributed by atoms with E-state index in [-0.39, 0.29) is 5.91 Å². The number of aryl methyl sites for hydroxylation is 1. The average molecular weight is 255 g/mol. The zero-order chi connectivity index (χ0) is 12.6. The smallest absolute Gasteiger partial charge is 0.307 e. The van der Waals surface area contributed by atoms with Gasteiger partial charge < -0.3 is 10.4 Å². The highest BCUT2D eigenvalue weighted by atomic mass is 35.5. The minimum absolute atomic E-state index is 0.273. The highest BCUT2D eigenvalue weighted by molar-refractivity contribution is 6.29. The SMILES string of the molecule is Cc1nc(Cl)ccc1NC(=O)[C@@H]1C[C@@H]1C(=O)O. The van der Waals surface area contributed by atoms with Gasteiger partial charge in [0.1, 0.15) is 5.15 Å². The lowest BCUT2D eigenvalue weighted by Gasteiger charge is -2.07. The van der Waals surface area contributed by atoms with Crippen molar-refractivity contribution in [3.8, 4) is 0 Å². The first-order valence-corrected chi connectivity index (χ1v) is 5.53. The number of carboxylic acid groups (broad SMARTS) is 1. The largest absolute Gasteiger partial charge is 0.481 e. The molecular formula is C11H11ClN2O3. The molecule has 6 heteroatoms. The summed E-state index contributed by atoms with van der Waals surface area (Å²) in [6, 6.07) is 3.23. The molecule has 17 heavy (non-hydrogen) atoms. The van der Waals surface area contributed by atoms with Gasteiger partial charge >= 0.3 is 5.97 Å². The molecule has 1 heterocycles. The molecule has 2 rings (SSSR count). The van der Waals surface area contributed by atoms with Crippen LogP contribution in [-0.2, 0) is 9.59 Å². The number of amides is 1. The topological polar surface area (TPSA) is 79.3 Å². The second kappa shape index (κ2) is 4.33. The van der Waals surface area contributed by atoms with Crippen LogP contribution >= 0.6 is 11.6 Å². The predicted molar refractivity (Wildman–Crippen MR) is 61.8 cm³/mol. The Morgan fingerprint density at radius 2 is 2.18 bits per heavy atom. The summed E-state index contributed by atoms with van der Waals surface area (Å²) in [5, 5.41) is 11.7. The van der Waals surface area contributed by atoms with Gasteiger partial charge in [-0.1, -0.05) is 11.6 Å². The highest BCUT2D eigenvalue weighted by Crippen LogP contribution is 2.39. The number of carboxylic acids is 1. The molecule has 0 saturated heterocycles. The molecule has 2 N–H and O–H groups in total. The Kier molecular flexibility index (Phi) is 3.02. The van der Waals surface area contributed by atoms with E-state index in [0.29, 0.717) is 23.0 Å². The lowest BCUT2D eigenvalue weighted by atomic mass is 10.2. The highest BCUT2D eigenvalue weighted by Gasteiger charge is 2.48. The number of halogens is 1. The second-order valence-electron chi connectivity index (χ2n) is 4.04. The van der Waals surface area contributed by atoms with Crippen LogP contribution in [0.25, 0.3) is 0 Å². The van der Waals surface area contributed by atoms with E-state index in [2.05, 4.69) is 10.3 Å². The van der Waals surface area contributed by atoms with Crippen LogP contribution in [0.15, 0.2) is 12.1 Å². The van der Waals surface area contributed by atoms with Gasteiger partial charge in [0.2, 0.25) is 5.91 Å². The van der Waals surface area contributed by atoms with Crippen molar-refractivity contribution in [2.75, 3.05) is 5.32 Å². The summed E-state index contributed by atoms with van der Waals surface area (Å²) in [6.07, 6.45) is 0.404. The van der Waals surface area contributed by atoms with Crippen molar-refractivity contribution in [1.82, 2.24) is 4.98 Å². The van der Waals surface area contributed by atoms with Gasteiger partial charge in [0.15, 0.2) is 0 Å². The quantitative estimate of drug-likeness (QED) is 0.805. The van der Waals surface area contributed by atoms with Gasteiger partial charge in [0, 0.05) is 0 Å². The molecule has 0 bridgehead atoms. The molecule has 1 aromatic rings. The number of aromatic nitrogens is 1. The molecule has 1 aliphatic carbocycles. The zero-order valence-corrected chi connectivity index (χ0v) is 9.86. The fourth-order valence-electron chi connectivity index (χ4n) is 1.65. The van der Waals surface area contributed by atoms with Crippen LogP contribution in [0.3, 0.4) is 0 Å². The molecule has 0 aliphatic heterocycles. The third-order valence-electron chi connectivity index (χ3n) is 2.75.